The van der Waals surface area contributed by atoms with Gasteiger partial charge in [0, 0.05) is 5.56 Å². The van der Waals surface area contributed by atoms with Crippen LogP contribution in [-0.2, 0) is 6.42 Å². The summed E-state index contributed by atoms with van der Waals surface area (Å²) in [5.41, 5.74) is 1.55. The highest BCUT2D eigenvalue weighted by atomic mass is 35.5. The fourth-order valence-corrected chi connectivity index (χ4v) is 1.94. The van der Waals surface area contributed by atoms with Crippen LogP contribution in [0.2, 0.25) is 10.2 Å². The largest absolute Gasteiger partial charge is 0.305 e. The van der Waals surface area contributed by atoms with Gasteiger partial charge >= 0.3 is 0 Å². The molecular weight excluding hydrogens is 285 g/mol. The second-order valence-corrected chi connectivity index (χ2v) is 4.53. The van der Waals surface area contributed by atoms with Gasteiger partial charge in [0.2, 0.25) is 0 Å². The number of carbonyl (C=O) groups is 1. The predicted octanol–water partition coefficient (Wildman–Crippen LogP) is 3.60. The van der Waals surface area contributed by atoms with Crippen LogP contribution >= 0.6 is 23.2 Å². The number of aromatic nitrogens is 2. The zero-order valence-electron chi connectivity index (χ0n) is 10.2. The molecule has 0 bridgehead atoms. The molecule has 0 saturated carbocycles. The lowest BCUT2D eigenvalue weighted by atomic mass is 10.0. The summed E-state index contributed by atoms with van der Waals surface area (Å²) in [5.74, 6) is -0.0633. The van der Waals surface area contributed by atoms with Crippen LogP contribution < -0.4 is 5.32 Å². The summed E-state index contributed by atoms with van der Waals surface area (Å²) in [7, 11) is 0. The van der Waals surface area contributed by atoms with Crippen molar-refractivity contribution in [3.8, 4) is 0 Å². The van der Waals surface area contributed by atoms with Crippen molar-refractivity contribution in [1.29, 1.82) is 0 Å². The minimum atomic E-state index is -0.269. The smallest absolute Gasteiger partial charge is 0.257 e. The van der Waals surface area contributed by atoms with Gasteiger partial charge in [0.15, 0.2) is 11.0 Å². The molecule has 1 amide bonds. The van der Waals surface area contributed by atoms with E-state index in [-0.39, 0.29) is 21.9 Å². The first-order valence-electron chi connectivity index (χ1n) is 5.68. The molecule has 2 aromatic rings. The van der Waals surface area contributed by atoms with Crippen LogP contribution in [0.5, 0.6) is 0 Å². The van der Waals surface area contributed by atoms with Crippen molar-refractivity contribution in [3.63, 3.8) is 0 Å². The van der Waals surface area contributed by atoms with E-state index in [4.69, 9.17) is 23.2 Å². The molecule has 0 radical (unpaired) electrons. The summed E-state index contributed by atoms with van der Waals surface area (Å²) in [5, 5.41) is 2.87. The third-order valence-electron chi connectivity index (χ3n) is 2.62. The van der Waals surface area contributed by atoms with Crippen molar-refractivity contribution in [2.24, 2.45) is 0 Å². The predicted molar refractivity (Wildman–Crippen MR) is 75.8 cm³/mol. The van der Waals surface area contributed by atoms with Crippen molar-refractivity contribution in [2.45, 2.75) is 13.3 Å². The molecule has 0 saturated heterocycles. The van der Waals surface area contributed by atoms with E-state index in [1.54, 1.807) is 6.07 Å². The van der Waals surface area contributed by atoms with Gasteiger partial charge in [-0.1, -0.05) is 48.3 Å². The van der Waals surface area contributed by atoms with E-state index in [9.17, 15) is 4.79 Å². The molecular formula is C13H11Cl2N3O. The van der Waals surface area contributed by atoms with E-state index < -0.39 is 0 Å². The quantitative estimate of drug-likeness (QED) is 0.880. The van der Waals surface area contributed by atoms with Crippen LogP contribution in [0.1, 0.15) is 22.8 Å². The summed E-state index contributed by atoms with van der Waals surface area (Å²) in [6.07, 6.45) is 2.01. The molecule has 1 heterocycles. The second-order valence-electron chi connectivity index (χ2n) is 3.79. The highest BCUT2D eigenvalue weighted by Crippen LogP contribution is 2.26. The van der Waals surface area contributed by atoms with Crippen molar-refractivity contribution in [2.75, 3.05) is 5.32 Å². The van der Waals surface area contributed by atoms with Crippen LogP contribution in [0, 0.1) is 0 Å². The van der Waals surface area contributed by atoms with Crippen LogP contribution in [0.4, 0.5) is 5.82 Å². The van der Waals surface area contributed by atoms with E-state index >= 15 is 0 Å². The monoisotopic (exact) mass is 295 g/mol. The maximum absolute atomic E-state index is 12.2. The lowest BCUT2D eigenvalue weighted by molar-refractivity contribution is 0.102. The summed E-state index contributed by atoms with van der Waals surface area (Å²) in [4.78, 5) is 19.8. The van der Waals surface area contributed by atoms with Crippen molar-refractivity contribution >= 4 is 34.9 Å². The molecule has 6 heteroatoms. The van der Waals surface area contributed by atoms with Gasteiger partial charge in [0.05, 0.1) is 0 Å². The van der Waals surface area contributed by atoms with E-state index in [0.29, 0.717) is 5.56 Å². The lowest BCUT2D eigenvalue weighted by Crippen LogP contribution is -2.15. The summed E-state index contributed by atoms with van der Waals surface area (Å²) < 4.78 is 0. The molecule has 0 aliphatic rings. The topological polar surface area (TPSA) is 54.9 Å². The SMILES string of the molecule is CCc1ccccc1C(=O)Nc1ncnc(Cl)c1Cl. The Morgan fingerprint density at radius 2 is 2.00 bits per heavy atom. The van der Waals surface area contributed by atoms with Gasteiger partial charge in [-0.2, -0.15) is 0 Å². The number of anilines is 1. The number of hydrogen-bond acceptors (Lipinski definition) is 3. The Morgan fingerprint density at radius 1 is 1.26 bits per heavy atom. The van der Waals surface area contributed by atoms with E-state index in [1.165, 1.54) is 6.33 Å². The van der Waals surface area contributed by atoms with Gasteiger partial charge in [-0.25, -0.2) is 9.97 Å². The molecule has 19 heavy (non-hydrogen) atoms. The Kier molecular flexibility index (Phi) is 4.35. The minimum Gasteiger partial charge on any atom is -0.305 e. The molecule has 1 aromatic heterocycles. The molecule has 0 aliphatic heterocycles. The van der Waals surface area contributed by atoms with Crippen LogP contribution in [-0.4, -0.2) is 15.9 Å². The minimum absolute atomic E-state index is 0.107. The molecule has 0 fully saturated rings. The average molecular weight is 296 g/mol. The first kappa shape index (κ1) is 13.8. The van der Waals surface area contributed by atoms with Gasteiger partial charge in [0.25, 0.3) is 5.91 Å². The number of halogens is 2. The molecule has 1 aromatic carbocycles. The first-order chi connectivity index (χ1) is 9.13. The normalized spacial score (nSPS) is 10.3. The highest BCUT2D eigenvalue weighted by molar-refractivity contribution is 6.43. The highest BCUT2D eigenvalue weighted by Gasteiger charge is 2.14. The van der Waals surface area contributed by atoms with Gasteiger partial charge in [-0.15, -0.1) is 0 Å². The number of nitrogens with one attached hydrogen (secondary N) is 1. The standard InChI is InChI=1S/C13H11Cl2N3O/c1-2-8-5-3-4-6-9(8)13(19)18-12-10(14)11(15)16-7-17-12/h3-7H,2H2,1H3,(H,16,17,18,19). The third-order valence-corrected chi connectivity index (χ3v) is 3.36. The zero-order chi connectivity index (χ0) is 13.8. The number of nitrogens with zero attached hydrogens (tertiary/aromatic N) is 2. The number of rotatable bonds is 3. The van der Waals surface area contributed by atoms with Crippen molar-refractivity contribution < 1.29 is 4.79 Å². The average Bonchev–Trinajstić information content (AvgIpc) is 2.43. The molecule has 98 valence electrons. The molecule has 4 nitrogen and oxygen atoms in total. The Bertz CT molecular complexity index is 617. The van der Waals surface area contributed by atoms with Crippen LogP contribution in [0.3, 0.4) is 0 Å². The fraction of sp³-hybridized carbons (Fsp3) is 0.154. The number of carbonyl (C=O) groups excluding carboxylic acids is 1. The third kappa shape index (κ3) is 3.03. The summed E-state index contributed by atoms with van der Waals surface area (Å²) in [6.45, 7) is 1.99. The lowest BCUT2D eigenvalue weighted by Gasteiger charge is -2.09. The Morgan fingerprint density at radius 3 is 2.74 bits per heavy atom. The molecule has 0 atom stereocenters. The van der Waals surface area contributed by atoms with E-state index in [1.807, 2.05) is 25.1 Å². The maximum atomic E-state index is 12.2. The van der Waals surface area contributed by atoms with E-state index in [2.05, 4.69) is 15.3 Å². The van der Waals surface area contributed by atoms with Gasteiger partial charge < -0.3 is 5.32 Å². The molecule has 0 aliphatic carbocycles. The van der Waals surface area contributed by atoms with Crippen molar-refractivity contribution in [3.05, 3.63) is 51.9 Å². The molecule has 1 N–H and O–H groups in total. The van der Waals surface area contributed by atoms with Crippen LogP contribution in [0.15, 0.2) is 30.6 Å². The molecule has 0 unspecified atom stereocenters. The Balaban J connectivity index is 2.28. The first-order valence-corrected chi connectivity index (χ1v) is 6.44. The van der Waals surface area contributed by atoms with E-state index in [0.717, 1.165) is 12.0 Å². The number of amides is 1. The maximum Gasteiger partial charge on any atom is 0.257 e. The molecule has 0 spiro atoms. The van der Waals surface area contributed by atoms with Gasteiger partial charge in [0.1, 0.15) is 11.3 Å². The second kappa shape index (κ2) is 5.99. The Labute approximate surface area is 120 Å². The van der Waals surface area contributed by atoms with Crippen molar-refractivity contribution in [1.82, 2.24) is 9.97 Å². The zero-order valence-corrected chi connectivity index (χ0v) is 11.7. The summed E-state index contributed by atoms with van der Waals surface area (Å²) in [6, 6.07) is 7.36. The number of benzene rings is 1. The number of aryl methyl sites for hydroxylation is 1. The number of hydrogen-bond donors (Lipinski definition) is 1. The van der Waals surface area contributed by atoms with Crippen LogP contribution in [0.25, 0.3) is 0 Å². The van der Waals surface area contributed by atoms with Gasteiger partial charge in [-0.05, 0) is 18.1 Å². The van der Waals surface area contributed by atoms with Gasteiger partial charge in [-0.3, -0.25) is 4.79 Å². The molecule has 2 rings (SSSR count). The Hall–Kier alpha value is -1.65. The fourth-order valence-electron chi connectivity index (χ4n) is 1.66. The summed E-state index contributed by atoms with van der Waals surface area (Å²) >= 11 is 11.7.